The summed E-state index contributed by atoms with van der Waals surface area (Å²) in [6, 6.07) is 0.277. The largest absolute Gasteiger partial charge is 0.392 e. The fourth-order valence-corrected chi connectivity index (χ4v) is 3.29. The minimum absolute atomic E-state index is 0.00679. The maximum atomic E-state index is 9.54. The van der Waals surface area contributed by atoms with E-state index in [1.165, 1.54) is 0 Å². The maximum Gasteiger partial charge on any atom is 0.243 e. The van der Waals surface area contributed by atoms with E-state index in [1.807, 2.05) is 0 Å². The Morgan fingerprint density at radius 3 is 2.74 bits per heavy atom. The lowest BCUT2D eigenvalue weighted by molar-refractivity contribution is 0.00781. The van der Waals surface area contributed by atoms with Crippen LogP contribution in [0.5, 0.6) is 0 Å². The number of hydrogen-bond donors (Lipinski definition) is 2. The Labute approximate surface area is 111 Å². The molecular weight excluding hydrogens is 246 g/mol. The summed E-state index contributed by atoms with van der Waals surface area (Å²) in [5.74, 6) is 1.41. The lowest BCUT2D eigenvalue weighted by atomic mass is 10.1. The summed E-state index contributed by atoms with van der Waals surface area (Å²) in [7, 11) is 0. The number of β-amino-alcohol motifs (C(OH)–C–C–N with tert-alkyl or cyclic N) is 1. The van der Waals surface area contributed by atoms with Crippen molar-refractivity contribution in [1.29, 1.82) is 0 Å². The quantitative estimate of drug-likeness (QED) is 0.720. The summed E-state index contributed by atoms with van der Waals surface area (Å²) in [6.07, 6.45) is 0.350. The number of aliphatic hydroxyl groups is 1. The lowest BCUT2D eigenvalue weighted by Crippen LogP contribution is -2.57. The minimum Gasteiger partial charge on any atom is -0.392 e. The Kier molecular flexibility index (Phi) is 2.80. The first-order valence-electron chi connectivity index (χ1n) is 7.01. The first kappa shape index (κ1) is 11.8. The topological polar surface area (TPSA) is 77.7 Å². The van der Waals surface area contributed by atoms with Crippen molar-refractivity contribution in [2.45, 2.75) is 24.6 Å². The molecule has 4 aliphatic heterocycles. The molecule has 0 spiro atoms. The summed E-state index contributed by atoms with van der Waals surface area (Å²) in [5, 5.41) is 16.9. The molecule has 1 aromatic rings. The Morgan fingerprint density at radius 2 is 2.11 bits per heavy atom. The number of piperazine rings is 3. The van der Waals surface area contributed by atoms with Gasteiger partial charge in [-0.25, -0.2) is 0 Å². The standard InChI is InChI=1S/C12H19N5O2/c18-8-5-9(13-6-8)12-14-11(15-19-12)10-7-16-1-3-17(10)4-2-16/h8-10,13,18H,1-7H2/t8-,9-,10?/m1/s1. The highest BCUT2D eigenvalue weighted by molar-refractivity contribution is 5.04. The van der Waals surface area contributed by atoms with Crippen LogP contribution in [-0.4, -0.2) is 70.4 Å². The smallest absolute Gasteiger partial charge is 0.243 e. The molecule has 3 atom stereocenters. The van der Waals surface area contributed by atoms with Crippen molar-refractivity contribution in [1.82, 2.24) is 25.3 Å². The summed E-state index contributed by atoms with van der Waals surface area (Å²) in [6.45, 7) is 6.09. The third-order valence-electron chi connectivity index (χ3n) is 4.44. The predicted molar refractivity (Wildman–Crippen MR) is 66.4 cm³/mol. The summed E-state index contributed by atoms with van der Waals surface area (Å²) in [4.78, 5) is 9.44. The monoisotopic (exact) mass is 265 g/mol. The van der Waals surface area contributed by atoms with E-state index in [2.05, 4.69) is 25.3 Å². The Bertz CT molecular complexity index is 457. The van der Waals surface area contributed by atoms with Crippen molar-refractivity contribution in [2.75, 3.05) is 39.3 Å². The molecule has 0 radical (unpaired) electrons. The summed E-state index contributed by atoms with van der Waals surface area (Å²) >= 11 is 0. The summed E-state index contributed by atoms with van der Waals surface area (Å²) in [5.41, 5.74) is 0. The highest BCUT2D eigenvalue weighted by Gasteiger charge is 2.36. The van der Waals surface area contributed by atoms with Gasteiger partial charge < -0.3 is 14.9 Å². The number of rotatable bonds is 2. The molecule has 4 fully saturated rings. The molecule has 2 N–H and O–H groups in total. The zero-order chi connectivity index (χ0) is 12.8. The van der Waals surface area contributed by atoms with Gasteiger partial charge in [-0.1, -0.05) is 5.16 Å². The lowest BCUT2D eigenvalue weighted by Gasteiger charge is -2.46. The molecule has 0 amide bonds. The predicted octanol–water partition coefficient (Wildman–Crippen LogP) is -0.863. The van der Waals surface area contributed by atoms with Crippen molar-refractivity contribution in [2.24, 2.45) is 0 Å². The zero-order valence-corrected chi connectivity index (χ0v) is 10.8. The molecule has 1 unspecified atom stereocenters. The molecule has 7 nitrogen and oxygen atoms in total. The van der Waals surface area contributed by atoms with Gasteiger partial charge in [-0.2, -0.15) is 4.98 Å². The molecule has 4 aliphatic rings. The first-order valence-corrected chi connectivity index (χ1v) is 7.01. The number of aliphatic hydroxyl groups excluding tert-OH is 1. The van der Waals surface area contributed by atoms with Crippen LogP contribution in [0.2, 0.25) is 0 Å². The molecule has 5 heterocycles. The van der Waals surface area contributed by atoms with Crippen LogP contribution >= 0.6 is 0 Å². The number of hydrogen-bond acceptors (Lipinski definition) is 7. The van der Waals surface area contributed by atoms with Crippen molar-refractivity contribution in [3.63, 3.8) is 0 Å². The molecule has 5 rings (SSSR count). The SMILES string of the molecule is O[C@H]1CN[C@@H](c2nc(C3CN4CCN3CC4)no2)C1. The van der Waals surface area contributed by atoms with E-state index in [9.17, 15) is 5.11 Å². The normalized spacial score (nSPS) is 41.8. The number of nitrogens with one attached hydrogen (secondary N) is 1. The van der Waals surface area contributed by atoms with Gasteiger partial charge in [0, 0.05) is 39.3 Å². The highest BCUT2D eigenvalue weighted by Crippen LogP contribution is 2.29. The van der Waals surface area contributed by atoms with Crippen molar-refractivity contribution < 1.29 is 9.63 Å². The van der Waals surface area contributed by atoms with E-state index < -0.39 is 0 Å². The van der Waals surface area contributed by atoms with Crippen molar-refractivity contribution >= 4 is 0 Å². The van der Waals surface area contributed by atoms with E-state index in [4.69, 9.17) is 4.52 Å². The fraction of sp³-hybridized carbons (Fsp3) is 0.833. The fourth-order valence-electron chi connectivity index (χ4n) is 3.29. The van der Waals surface area contributed by atoms with Gasteiger partial charge in [0.15, 0.2) is 5.82 Å². The van der Waals surface area contributed by atoms with Crippen LogP contribution in [0.25, 0.3) is 0 Å². The maximum absolute atomic E-state index is 9.54. The first-order chi connectivity index (χ1) is 9.29. The van der Waals surface area contributed by atoms with Crippen LogP contribution in [0, 0.1) is 0 Å². The van der Waals surface area contributed by atoms with Gasteiger partial charge in [0.2, 0.25) is 5.89 Å². The van der Waals surface area contributed by atoms with Crippen LogP contribution in [0.3, 0.4) is 0 Å². The molecule has 0 aromatic carbocycles. The number of fused-ring (bicyclic) bond motifs is 3. The van der Waals surface area contributed by atoms with E-state index in [0.29, 0.717) is 18.9 Å². The molecular formula is C12H19N5O2. The Morgan fingerprint density at radius 1 is 1.26 bits per heavy atom. The molecule has 104 valence electrons. The van der Waals surface area contributed by atoms with Crippen molar-refractivity contribution in [3.8, 4) is 0 Å². The third-order valence-corrected chi connectivity index (χ3v) is 4.44. The van der Waals surface area contributed by atoms with E-state index in [0.717, 1.165) is 38.5 Å². The van der Waals surface area contributed by atoms with Crippen LogP contribution in [0.15, 0.2) is 4.52 Å². The van der Waals surface area contributed by atoms with E-state index in [1.54, 1.807) is 0 Å². The molecule has 7 heteroatoms. The van der Waals surface area contributed by atoms with Gasteiger partial charge in [0.05, 0.1) is 18.2 Å². The second-order valence-electron chi connectivity index (χ2n) is 5.69. The minimum atomic E-state index is -0.305. The van der Waals surface area contributed by atoms with Gasteiger partial charge in [-0.05, 0) is 6.42 Å². The van der Waals surface area contributed by atoms with Gasteiger partial charge in [-0.15, -0.1) is 0 Å². The molecule has 1 aromatic heterocycles. The van der Waals surface area contributed by atoms with E-state index >= 15 is 0 Å². The Balaban J connectivity index is 1.52. The zero-order valence-electron chi connectivity index (χ0n) is 10.8. The van der Waals surface area contributed by atoms with Gasteiger partial charge in [0.25, 0.3) is 0 Å². The average Bonchev–Trinajstić information content (AvgIpc) is 3.08. The van der Waals surface area contributed by atoms with Gasteiger partial charge >= 0.3 is 0 Å². The second kappa shape index (κ2) is 4.52. The summed E-state index contributed by atoms with van der Waals surface area (Å²) < 4.78 is 5.38. The Hall–Kier alpha value is -1.02. The molecule has 0 saturated carbocycles. The molecule has 2 bridgehead atoms. The van der Waals surface area contributed by atoms with Crippen LogP contribution in [-0.2, 0) is 0 Å². The van der Waals surface area contributed by atoms with Crippen LogP contribution in [0.4, 0.5) is 0 Å². The van der Waals surface area contributed by atoms with Crippen molar-refractivity contribution in [3.05, 3.63) is 11.7 Å². The van der Waals surface area contributed by atoms with Crippen LogP contribution in [0.1, 0.15) is 30.2 Å². The number of nitrogens with zero attached hydrogens (tertiary/aromatic N) is 4. The van der Waals surface area contributed by atoms with Crippen LogP contribution < -0.4 is 5.32 Å². The highest BCUT2D eigenvalue weighted by atomic mass is 16.5. The molecule has 4 saturated heterocycles. The van der Waals surface area contributed by atoms with Gasteiger partial charge in [-0.3, -0.25) is 9.80 Å². The molecule has 0 aliphatic carbocycles. The number of aromatic nitrogens is 2. The van der Waals surface area contributed by atoms with E-state index in [-0.39, 0.29) is 18.2 Å². The van der Waals surface area contributed by atoms with Gasteiger partial charge in [0.1, 0.15) is 0 Å². The average molecular weight is 265 g/mol. The second-order valence-corrected chi connectivity index (χ2v) is 5.69. The molecule has 19 heavy (non-hydrogen) atoms. The third kappa shape index (κ3) is 2.06.